The van der Waals surface area contributed by atoms with E-state index in [-0.39, 0.29) is 10.6 Å². The Hall–Kier alpha value is -0.980. The van der Waals surface area contributed by atoms with Crippen LogP contribution in [-0.2, 0) is 6.54 Å². The number of nitrogens with zero attached hydrogens (tertiary/aromatic N) is 2. The highest BCUT2D eigenvalue weighted by atomic mass is 79.9. The van der Waals surface area contributed by atoms with E-state index in [1.165, 1.54) is 19.4 Å². The van der Waals surface area contributed by atoms with E-state index in [0.29, 0.717) is 12.5 Å². The number of nitro groups is 1. The first-order chi connectivity index (χ1) is 9.56. The number of nitro benzene ring substituents is 1. The van der Waals surface area contributed by atoms with Gasteiger partial charge in [0.2, 0.25) is 0 Å². The van der Waals surface area contributed by atoms with Gasteiger partial charge in [-0.15, -0.1) is 0 Å². The van der Waals surface area contributed by atoms with E-state index in [1.807, 2.05) is 12.1 Å². The molecule has 1 heterocycles. The second-order valence-electron chi connectivity index (χ2n) is 5.43. The minimum atomic E-state index is -0.323. The maximum atomic E-state index is 11.0. The minimum Gasteiger partial charge on any atom is -0.312 e. The maximum Gasteiger partial charge on any atom is 0.275 e. The van der Waals surface area contributed by atoms with Gasteiger partial charge in [0, 0.05) is 29.2 Å². The highest BCUT2D eigenvalue weighted by Crippen LogP contribution is 2.23. The zero-order chi connectivity index (χ0) is 14.5. The lowest BCUT2D eigenvalue weighted by molar-refractivity contribution is -0.385. The Balaban J connectivity index is 1.89. The summed E-state index contributed by atoms with van der Waals surface area (Å²) >= 11 is 3.27. The van der Waals surface area contributed by atoms with Gasteiger partial charge >= 0.3 is 0 Å². The first kappa shape index (κ1) is 15.4. The molecule has 0 saturated carbocycles. The van der Waals surface area contributed by atoms with E-state index in [9.17, 15) is 10.1 Å². The lowest BCUT2D eigenvalue weighted by atomic mass is 9.98. The third kappa shape index (κ3) is 4.26. The van der Waals surface area contributed by atoms with Crippen LogP contribution in [0, 0.1) is 16.0 Å². The van der Waals surface area contributed by atoms with Crippen molar-refractivity contribution in [3.8, 4) is 0 Å². The second-order valence-corrected chi connectivity index (χ2v) is 6.35. The summed E-state index contributed by atoms with van der Waals surface area (Å²) < 4.78 is 0.738. The van der Waals surface area contributed by atoms with Gasteiger partial charge in [0.05, 0.1) is 4.92 Å². The minimum absolute atomic E-state index is 0.174. The first-order valence-electron chi connectivity index (χ1n) is 6.88. The Morgan fingerprint density at radius 2 is 2.35 bits per heavy atom. The third-order valence-electron chi connectivity index (χ3n) is 3.71. The van der Waals surface area contributed by atoms with Crippen molar-refractivity contribution >= 4 is 21.6 Å². The number of halogens is 1. The van der Waals surface area contributed by atoms with Crippen molar-refractivity contribution in [2.45, 2.75) is 19.4 Å². The van der Waals surface area contributed by atoms with Crippen LogP contribution < -0.4 is 5.32 Å². The molecule has 1 aliphatic heterocycles. The third-order valence-corrected chi connectivity index (χ3v) is 4.21. The average molecular weight is 342 g/mol. The van der Waals surface area contributed by atoms with Crippen LogP contribution in [0.5, 0.6) is 0 Å². The van der Waals surface area contributed by atoms with Gasteiger partial charge < -0.3 is 10.2 Å². The number of hydrogen-bond donors (Lipinski definition) is 1. The summed E-state index contributed by atoms with van der Waals surface area (Å²) in [6.45, 7) is 3.74. The molecule has 0 amide bonds. The van der Waals surface area contributed by atoms with Crippen molar-refractivity contribution in [3.05, 3.63) is 38.3 Å². The molecule has 20 heavy (non-hydrogen) atoms. The zero-order valence-corrected chi connectivity index (χ0v) is 13.2. The van der Waals surface area contributed by atoms with Gasteiger partial charge in [-0.05, 0) is 51.0 Å². The lowest BCUT2D eigenvalue weighted by Gasteiger charge is -2.29. The fourth-order valence-electron chi connectivity index (χ4n) is 2.71. The number of hydrogen-bond acceptors (Lipinski definition) is 4. The van der Waals surface area contributed by atoms with E-state index in [1.54, 1.807) is 6.07 Å². The predicted molar refractivity (Wildman–Crippen MR) is 82.7 cm³/mol. The van der Waals surface area contributed by atoms with E-state index in [0.717, 1.165) is 23.1 Å². The maximum absolute atomic E-state index is 11.0. The molecule has 0 bridgehead atoms. The Labute approximate surface area is 127 Å². The van der Waals surface area contributed by atoms with Crippen LogP contribution in [0.1, 0.15) is 18.4 Å². The Morgan fingerprint density at radius 1 is 1.55 bits per heavy atom. The van der Waals surface area contributed by atoms with E-state index in [2.05, 4.69) is 33.2 Å². The number of benzene rings is 1. The molecular formula is C14H20BrN3O2. The largest absolute Gasteiger partial charge is 0.312 e. The Bertz CT molecular complexity index is 481. The van der Waals surface area contributed by atoms with Gasteiger partial charge in [-0.1, -0.05) is 15.9 Å². The molecule has 2 rings (SSSR count). The van der Waals surface area contributed by atoms with Crippen molar-refractivity contribution in [1.82, 2.24) is 10.2 Å². The van der Waals surface area contributed by atoms with Gasteiger partial charge in [-0.25, -0.2) is 0 Å². The van der Waals surface area contributed by atoms with Crippen molar-refractivity contribution < 1.29 is 4.92 Å². The first-order valence-corrected chi connectivity index (χ1v) is 7.67. The molecule has 6 heteroatoms. The van der Waals surface area contributed by atoms with E-state index >= 15 is 0 Å². The van der Waals surface area contributed by atoms with Crippen LogP contribution in [0.4, 0.5) is 5.69 Å². The van der Waals surface area contributed by atoms with Crippen molar-refractivity contribution in [2.24, 2.45) is 5.92 Å². The normalized spacial score (nSPS) is 20.0. The van der Waals surface area contributed by atoms with Crippen LogP contribution in [-0.4, -0.2) is 36.5 Å². The lowest BCUT2D eigenvalue weighted by Crippen LogP contribution is -2.37. The van der Waals surface area contributed by atoms with Gasteiger partial charge in [0.1, 0.15) is 0 Å². The highest BCUT2D eigenvalue weighted by Gasteiger charge is 2.18. The summed E-state index contributed by atoms with van der Waals surface area (Å²) in [5.74, 6) is 0.642. The standard InChI is InChI=1S/C14H20BrN3O2/c1-17-6-2-3-11(10-17)8-16-9-12-4-5-13(15)7-14(12)18(19)20/h4-5,7,11,16H,2-3,6,8-10H2,1H3. The van der Waals surface area contributed by atoms with Gasteiger partial charge in [-0.2, -0.15) is 0 Å². The second kappa shape index (κ2) is 7.15. The summed E-state index contributed by atoms with van der Waals surface area (Å²) in [5, 5.41) is 14.4. The van der Waals surface area contributed by atoms with Crippen molar-refractivity contribution in [2.75, 3.05) is 26.7 Å². The molecule has 0 aromatic heterocycles. The number of rotatable bonds is 5. The molecule has 1 unspecified atom stereocenters. The molecule has 1 saturated heterocycles. The van der Waals surface area contributed by atoms with Crippen LogP contribution in [0.15, 0.2) is 22.7 Å². The number of likely N-dealkylation sites (tertiary alicyclic amines) is 1. The topological polar surface area (TPSA) is 58.4 Å². The molecule has 5 nitrogen and oxygen atoms in total. The van der Waals surface area contributed by atoms with Crippen LogP contribution in [0.2, 0.25) is 0 Å². The average Bonchev–Trinajstić information content (AvgIpc) is 2.40. The molecule has 0 spiro atoms. The van der Waals surface area contributed by atoms with Crippen molar-refractivity contribution in [3.63, 3.8) is 0 Å². The zero-order valence-electron chi connectivity index (χ0n) is 11.6. The van der Waals surface area contributed by atoms with Gasteiger partial charge in [0.25, 0.3) is 5.69 Å². The summed E-state index contributed by atoms with van der Waals surface area (Å²) in [7, 11) is 2.14. The molecule has 0 radical (unpaired) electrons. The molecule has 1 atom stereocenters. The summed E-state index contributed by atoms with van der Waals surface area (Å²) in [6, 6.07) is 5.21. The molecule has 1 aromatic carbocycles. The fraction of sp³-hybridized carbons (Fsp3) is 0.571. The van der Waals surface area contributed by atoms with Gasteiger partial charge in [-0.3, -0.25) is 10.1 Å². The predicted octanol–water partition coefficient (Wildman–Crippen LogP) is 2.79. The number of nitrogens with one attached hydrogen (secondary N) is 1. The quantitative estimate of drug-likeness (QED) is 0.660. The summed E-state index contributed by atoms with van der Waals surface area (Å²) in [5.41, 5.74) is 0.912. The van der Waals surface area contributed by atoms with Crippen LogP contribution in [0.3, 0.4) is 0 Å². The van der Waals surface area contributed by atoms with Crippen LogP contribution in [0.25, 0.3) is 0 Å². The van der Waals surface area contributed by atoms with E-state index < -0.39 is 0 Å². The monoisotopic (exact) mass is 341 g/mol. The van der Waals surface area contributed by atoms with Crippen molar-refractivity contribution in [1.29, 1.82) is 0 Å². The van der Waals surface area contributed by atoms with E-state index in [4.69, 9.17) is 0 Å². The molecule has 1 N–H and O–H groups in total. The number of piperidine rings is 1. The Morgan fingerprint density at radius 3 is 3.05 bits per heavy atom. The molecule has 1 aliphatic rings. The Kier molecular flexibility index (Phi) is 5.51. The smallest absolute Gasteiger partial charge is 0.275 e. The molecule has 110 valence electrons. The molecule has 1 fully saturated rings. The molecule has 0 aliphatic carbocycles. The van der Waals surface area contributed by atoms with Gasteiger partial charge in [0.15, 0.2) is 0 Å². The summed E-state index contributed by atoms with van der Waals surface area (Å²) in [6.07, 6.45) is 2.47. The molecular weight excluding hydrogens is 322 g/mol. The van der Waals surface area contributed by atoms with Crippen LogP contribution >= 0.6 is 15.9 Å². The molecule has 1 aromatic rings. The highest BCUT2D eigenvalue weighted by molar-refractivity contribution is 9.10. The summed E-state index contributed by atoms with van der Waals surface area (Å²) in [4.78, 5) is 13.1. The SMILES string of the molecule is CN1CCCC(CNCc2ccc(Br)cc2[N+](=O)[O-])C1. The fourth-order valence-corrected chi connectivity index (χ4v) is 3.06.